The van der Waals surface area contributed by atoms with E-state index in [4.69, 9.17) is 11.6 Å². The number of hydrogen-bond donors (Lipinski definition) is 0. The molecule has 0 spiro atoms. The Morgan fingerprint density at radius 3 is 2.33 bits per heavy atom. The van der Waals surface area contributed by atoms with Crippen molar-refractivity contribution < 1.29 is 4.92 Å². The summed E-state index contributed by atoms with van der Waals surface area (Å²) in [5, 5.41) is 11.0. The number of benzene rings is 1. The largest absolute Gasteiger partial charge is 0.368 e. The first-order chi connectivity index (χ1) is 9.94. The standard InChI is InChI=1S/C16H25ClN2O2/c1-5-14(6-2)18(11-12(3)4)15-7-8-16(19(20)21)13(9-15)10-17/h7-9,12,14H,5-6,10-11H2,1-4H3. The molecule has 21 heavy (non-hydrogen) atoms. The second-order valence-electron chi connectivity index (χ2n) is 5.72. The Kier molecular flexibility index (Phi) is 6.96. The summed E-state index contributed by atoms with van der Waals surface area (Å²) in [6.45, 7) is 9.66. The van der Waals surface area contributed by atoms with Crippen LogP contribution in [-0.2, 0) is 5.88 Å². The van der Waals surface area contributed by atoms with Crippen molar-refractivity contribution in [3.05, 3.63) is 33.9 Å². The molecule has 5 heteroatoms. The van der Waals surface area contributed by atoms with Gasteiger partial charge in [0.2, 0.25) is 0 Å². The molecule has 1 aromatic rings. The van der Waals surface area contributed by atoms with E-state index in [9.17, 15) is 10.1 Å². The molecular weight excluding hydrogens is 288 g/mol. The molecule has 4 nitrogen and oxygen atoms in total. The highest BCUT2D eigenvalue weighted by atomic mass is 35.5. The number of nitro groups is 1. The molecule has 1 rings (SSSR count). The minimum atomic E-state index is -0.370. The first kappa shape index (κ1) is 17.8. The zero-order valence-electron chi connectivity index (χ0n) is 13.3. The fourth-order valence-electron chi connectivity index (χ4n) is 2.62. The lowest BCUT2D eigenvalue weighted by Gasteiger charge is -2.34. The molecule has 0 N–H and O–H groups in total. The number of nitrogens with zero attached hydrogens (tertiary/aromatic N) is 2. The predicted octanol–water partition coefficient (Wildman–Crippen LogP) is 4.98. The average molecular weight is 313 g/mol. The number of alkyl halides is 1. The van der Waals surface area contributed by atoms with Crippen molar-refractivity contribution in [1.82, 2.24) is 0 Å². The van der Waals surface area contributed by atoms with Gasteiger partial charge in [-0.1, -0.05) is 27.7 Å². The van der Waals surface area contributed by atoms with Crippen LogP contribution in [0.2, 0.25) is 0 Å². The van der Waals surface area contributed by atoms with Gasteiger partial charge in [-0.25, -0.2) is 0 Å². The maximum atomic E-state index is 11.0. The van der Waals surface area contributed by atoms with E-state index >= 15 is 0 Å². The molecule has 0 heterocycles. The first-order valence-corrected chi connectivity index (χ1v) is 8.07. The Morgan fingerprint density at radius 1 is 1.29 bits per heavy atom. The van der Waals surface area contributed by atoms with E-state index in [1.165, 1.54) is 0 Å². The number of halogens is 1. The van der Waals surface area contributed by atoms with Crippen molar-refractivity contribution >= 4 is 23.0 Å². The highest BCUT2D eigenvalue weighted by Crippen LogP contribution is 2.29. The van der Waals surface area contributed by atoms with Gasteiger partial charge < -0.3 is 4.90 Å². The molecule has 0 aliphatic rings. The fourth-order valence-corrected chi connectivity index (χ4v) is 2.84. The van der Waals surface area contributed by atoms with Gasteiger partial charge in [-0.05, 0) is 30.9 Å². The van der Waals surface area contributed by atoms with Gasteiger partial charge in [0.05, 0.1) is 10.8 Å². The van der Waals surface area contributed by atoms with Crippen LogP contribution in [0.5, 0.6) is 0 Å². The van der Waals surface area contributed by atoms with E-state index in [2.05, 4.69) is 32.6 Å². The third kappa shape index (κ3) is 4.60. The second kappa shape index (κ2) is 8.23. The fraction of sp³-hybridized carbons (Fsp3) is 0.625. The molecule has 0 saturated heterocycles. The molecular formula is C16H25ClN2O2. The van der Waals surface area contributed by atoms with Gasteiger partial charge in [-0.2, -0.15) is 0 Å². The van der Waals surface area contributed by atoms with Crippen molar-refractivity contribution in [3.63, 3.8) is 0 Å². The monoisotopic (exact) mass is 312 g/mol. The van der Waals surface area contributed by atoms with Gasteiger partial charge in [0.25, 0.3) is 5.69 Å². The molecule has 0 atom stereocenters. The molecule has 0 fully saturated rings. The van der Waals surface area contributed by atoms with E-state index in [1.54, 1.807) is 6.07 Å². The van der Waals surface area contributed by atoms with E-state index in [-0.39, 0.29) is 16.5 Å². The van der Waals surface area contributed by atoms with Crippen LogP contribution in [-0.4, -0.2) is 17.5 Å². The lowest BCUT2D eigenvalue weighted by Crippen LogP contribution is -2.37. The van der Waals surface area contributed by atoms with Crippen LogP contribution in [0.3, 0.4) is 0 Å². The predicted molar refractivity (Wildman–Crippen MR) is 89.2 cm³/mol. The van der Waals surface area contributed by atoms with Crippen LogP contribution >= 0.6 is 11.6 Å². The lowest BCUT2D eigenvalue weighted by atomic mass is 10.0. The summed E-state index contributed by atoms with van der Waals surface area (Å²) in [7, 11) is 0. The summed E-state index contributed by atoms with van der Waals surface area (Å²) in [4.78, 5) is 13.0. The van der Waals surface area contributed by atoms with E-state index in [0.29, 0.717) is 17.5 Å². The normalized spacial score (nSPS) is 11.2. The molecule has 118 valence electrons. The van der Waals surface area contributed by atoms with E-state index in [1.807, 2.05) is 12.1 Å². The van der Waals surface area contributed by atoms with Crippen LogP contribution in [0.25, 0.3) is 0 Å². The molecule has 1 aromatic carbocycles. The zero-order valence-corrected chi connectivity index (χ0v) is 14.1. The minimum Gasteiger partial charge on any atom is -0.368 e. The number of nitro benzene ring substituents is 1. The van der Waals surface area contributed by atoms with Crippen LogP contribution in [0.4, 0.5) is 11.4 Å². The van der Waals surface area contributed by atoms with Crippen molar-refractivity contribution in [1.29, 1.82) is 0 Å². The molecule has 0 aliphatic carbocycles. The maximum absolute atomic E-state index is 11.0. The molecule has 0 bridgehead atoms. The third-order valence-corrected chi connectivity index (χ3v) is 3.97. The summed E-state index contributed by atoms with van der Waals surface area (Å²) in [5.41, 5.74) is 1.71. The summed E-state index contributed by atoms with van der Waals surface area (Å²) < 4.78 is 0. The maximum Gasteiger partial charge on any atom is 0.273 e. The van der Waals surface area contributed by atoms with Crippen LogP contribution in [0, 0.1) is 16.0 Å². The number of hydrogen-bond acceptors (Lipinski definition) is 3. The van der Waals surface area contributed by atoms with Crippen LogP contribution < -0.4 is 4.90 Å². The van der Waals surface area contributed by atoms with Gasteiger partial charge in [0.15, 0.2) is 0 Å². The van der Waals surface area contributed by atoms with Crippen molar-refractivity contribution in [2.24, 2.45) is 5.92 Å². The minimum absolute atomic E-state index is 0.0998. The molecule has 0 aromatic heterocycles. The third-order valence-electron chi connectivity index (χ3n) is 3.68. The number of rotatable bonds is 8. The topological polar surface area (TPSA) is 46.4 Å². The van der Waals surface area contributed by atoms with Gasteiger partial charge in [0.1, 0.15) is 0 Å². The summed E-state index contributed by atoms with van der Waals surface area (Å²) in [5.74, 6) is 0.683. The lowest BCUT2D eigenvalue weighted by molar-refractivity contribution is -0.385. The van der Waals surface area contributed by atoms with E-state index in [0.717, 1.165) is 25.1 Å². The molecule has 0 amide bonds. The van der Waals surface area contributed by atoms with E-state index < -0.39 is 0 Å². The summed E-state index contributed by atoms with van der Waals surface area (Å²) in [6, 6.07) is 5.72. The Hall–Kier alpha value is -1.29. The molecule has 0 aliphatic heterocycles. The summed E-state index contributed by atoms with van der Waals surface area (Å²) in [6.07, 6.45) is 2.10. The van der Waals surface area contributed by atoms with Gasteiger partial charge in [-0.15, -0.1) is 11.6 Å². The Labute approximate surface area is 132 Å². The highest BCUT2D eigenvalue weighted by molar-refractivity contribution is 6.17. The molecule has 0 radical (unpaired) electrons. The number of anilines is 1. The first-order valence-electron chi connectivity index (χ1n) is 7.54. The zero-order chi connectivity index (χ0) is 16.0. The van der Waals surface area contributed by atoms with Crippen LogP contribution in [0.1, 0.15) is 46.1 Å². The van der Waals surface area contributed by atoms with Crippen molar-refractivity contribution in [3.8, 4) is 0 Å². The van der Waals surface area contributed by atoms with Crippen molar-refractivity contribution in [2.45, 2.75) is 52.5 Å². The van der Waals surface area contributed by atoms with Gasteiger partial charge in [-0.3, -0.25) is 10.1 Å². The Balaban J connectivity index is 3.21. The quantitative estimate of drug-likeness (QED) is 0.386. The average Bonchev–Trinajstić information content (AvgIpc) is 2.46. The van der Waals surface area contributed by atoms with Crippen LogP contribution in [0.15, 0.2) is 18.2 Å². The highest BCUT2D eigenvalue weighted by Gasteiger charge is 2.20. The van der Waals surface area contributed by atoms with Crippen molar-refractivity contribution in [2.75, 3.05) is 11.4 Å². The second-order valence-corrected chi connectivity index (χ2v) is 5.99. The summed E-state index contributed by atoms with van der Waals surface area (Å²) >= 11 is 5.88. The molecule has 0 unspecified atom stereocenters. The van der Waals surface area contributed by atoms with Gasteiger partial charge in [0, 0.05) is 29.9 Å². The Morgan fingerprint density at radius 2 is 1.90 bits per heavy atom. The molecule has 0 saturated carbocycles. The SMILES string of the molecule is CCC(CC)N(CC(C)C)c1ccc([N+](=O)[O-])c(CCl)c1. The Bertz CT molecular complexity index is 473. The van der Waals surface area contributed by atoms with Gasteiger partial charge >= 0.3 is 0 Å². The smallest absolute Gasteiger partial charge is 0.273 e.